The lowest BCUT2D eigenvalue weighted by Gasteiger charge is -2.03. The summed E-state index contributed by atoms with van der Waals surface area (Å²) in [6, 6.07) is 5.84. The van der Waals surface area contributed by atoms with Crippen LogP contribution in [0.2, 0.25) is 0 Å². The second-order valence-corrected chi connectivity index (χ2v) is 5.38. The molecule has 2 aromatic rings. The first-order valence-electron chi connectivity index (χ1n) is 6.43. The Morgan fingerprint density at radius 3 is 2.90 bits per heavy atom. The van der Waals surface area contributed by atoms with E-state index in [1.807, 2.05) is 18.2 Å². The number of hydrogen-bond donors (Lipinski definition) is 1. The Morgan fingerprint density at radius 1 is 1.40 bits per heavy atom. The number of nitrogens with one attached hydrogen (secondary N) is 1. The largest absolute Gasteiger partial charge is 0.445 e. The van der Waals surface area contributed by atoms with Crippen molar-refractivity contribution < 1.29 is 9.21 Å². The van der Waals surface area contributed by atoms with Crippen molar-refractivity contribution in [3.63, 3.8) is 0 Å². The minimum Gasteiger partial charge on any atom is -0.445 e. The van der Waals surface area contributed by atoms with Gasteiger partial charge in [0.05, 0.1) is 5.03 Å². The summed E-state index contributed by atoms with van der Waals surface area (Å²) < 4.78 is 5.24. The Kier molecular flexibility index (Phi) is 5.17. The van der Waals surface area contributed by atoms with Crippen molar-refractivity contribution in [2.45, 2.75) is 25.3 Å². The molecule has 1 amide bonds. The van der Waals surface area contributed by atoms with Gasteiger partial charge in [0.2, 0.25) is 0 Å². The fourth-order valence-corrected chi connectivity index (χ4v) is 2.51. The smallest absolute Gasteiger partial charge is 0.273 e. The molecule has 0 saturated carbocycles. The predicted molar refractivity (Wildman–Crippen MR) is 77.9 cm³/mol. The number of carbonyl (C=O) groups excluding carboxylic acids is 1. The van der Waals surface area contributed by atoms with E-state index in [0.29, 0.717) is 23.9 Å². The van der Waals surface area contributed by atoms with Crippen molar-refractivity contribution in [2.75, 3.05) is 12.3 Å². The fourth-order valence-electron chi connectivity index (χ4n) is 1.71. The van der Waals surface area contributed by atoms with Gasteiger partial charge in [-0.15, -0.1) is 11.8 Å². The van der Waals surface area contributed by atoms with Gasteiger partial charge < -0.3 is 9.73 Å². The number of oxazole rings is 1. The summed E-state index contributed by atoms with van der Waals surface area (Å²) in [4.78, 5) is 20.1. The van der Waals surface area contributed by atoms with E-state index in [9.17, 15) is 4.79 Å². The zero-order valence-corrected chi connectivity index (χ0v) is 12.4. The molecule has 0 unspecified atom stereocenters. The number of rotatable bonds is 6. The number of aromatic nitrogens is 2. The molecular formula is C14H17N3O2S. The Bertz CT molecular complexity index is 569. The highest BCUT2D eigenvalue weighted by atomic mass is 32.2. The van der Waals surface area contributed by atoms with Crippen LogP contribution >= 0.6 is 11.8 Å². The summed E-state index contributed by atoms with van der Waals surface area (Å²) in [6.45, 7) is 4.09. The van der Waals surface area contributed by atoms with E-state index >= 15 is 0 Å². The molecule has 0 bridgehead atoms. The van der Waals surface area contributed by atoms with E-state index in [-0.39, 0.29) is 5.91 Å². The highest BCUT2D eigenvalue weighted by molar-refractivity contribution is 7.99. The Balaban J connectivity index is 1.68. The lowest BCUT2D eigenvalue weighted by molar-refractivity contribution is 0.0948. The monoisotopic (exact) mass is 291 g/mol. The molecule has 0 atom stereocenters. The molecule has 0 fully saturated rings. The average Bonchev–Trinajstić information content (AvgIpc) is 2.78. The lowest BCUT2D eigenvalue weighted by atomic mass is 10.3. The molecule has 0 aromatic carbocycles. The number of nitrogens with zero attached hydrogens (tertiary/aromatic N) is 2. The second-order valence-electron chi connectivity index (χ2n) is 4.26. The molecule has 0 aliphatic rings. The molecule has 2 rings (SSSR count). The molecule has 6 heteroatoms. The maximum Gasteiger partial charge on any atom is 0.273 e. The first-order valence-corrected chi connectivity index (χ1v) is 7.41. The van der Waals surface area contributed by atoms with Gasteiger partial charge in [0, 0.05) is 25.4 Å². The SMILES string of the molecule is Cc1nc(C(=O)NCCCSc2ccccn2)c(C)o1. The van der Waals surface area contributed by atoms with E-state index in [0.717, 1.165) is 17.2 Å². The van der Waals surface area contributed by atoms with Crippen LogP contribution in [0.5, 0.6) is 0 Å². The van der Waals surface area contributed by atoms with Gasteiger partial charge in [-0.1, -0.05) is 6.07 Å². The lowest BCUT2D eigenvalue weighted by Crippen LogP contribution is -2.25. The molecule has 0 aliphatic heterocycles. The first kappa shape index (κ1) is 14.6. The molecule has 0 radical (unpaired) electrons. The third-order valence-electron chi connectivity index (χ3n) is 2.61. The minimum absolute atomic E-state index is 0.179. The molecule has 20 heavy (non-hydrogen) atoms. The van der Waals surface area contributed by atoms with Crippen LogP contribution in [0.15, 0.2) is 33.8 Å². The average molecular weight is 291 g/mol. The van der Waals surface area contributed by atoms with Gasteiger partial charge in [0.1, 0.15) is 5.76 Å². The maximum absolute atomic E-state index is 11.9. The molecule has 1 N–H and O–H groups in total. The van der Waals surface area contributed by atoms with Gasteiger partial charge in [0.25, 0.3) is 5.91 Å². The van der Waals surface area contributed by atoms with Crippen LogP contribution in [0.25, 0.3) is 0 Å². The van der Waals surface area contributed by atoms with E-state index in [1.54, 1.807) is 31.8 Å². The zero-order chi connectivity index (χ0) is 14.4. The highest BCUT2D eigenvalue weighted by Crippen LogP contribution is 2.14. The molecular weight excluding hydrogens is 274 g/mol. The summed E-state index contributed by atoms with van der Waals surface area (Å²) in [5, 5.41) is 3.85. The standard InChI is InChI=1S/C14H17N3O2S/c1-10-13(17-11(2)19-10)14(18)16-8-5-9-20-12-6-3-4-7-15-12/h3-4,6-7H,5,8-9H2,1-2H3,(H,16,18). The molecule has 106 valence electrons. The topological polar surface area (TPSA) is 68.0 Å². The highest BCUT2D eigenvalue weighted by Gasteiger charge is 2.14. The Hall–Kier alpha value is -1.82. The second kappa shape index (κ2) is 7.09. The number of pyridine rings is 1. The van der Waals surface area contributed by atoms with Crippen LogP contribution in [0.4, 0.5) is 0 Å². The molecule has 2 aromatic heterocycles. The Labute approximate surface area is 122 Å². The van der Waals surface area contributed by atoms with E-state index in [4.69, 9.17) is 4.42 Å². The predicted octanol–water partition coefficient (Wildman–Crippen LogP) is 2.60. The molecule has 0 aliphatic carbocycles. The van der Waals surface area contributed by atoms with Crippen LogP contribution in [0.3, 0.4) is 0 Å². The summed E-state index contributed by atoms with van der Waals surface area (Å²) in [5.41, 5.74) is 0.375. The summed E-state index contributed by atoms with van der Waals surface area (Å²) in [5.74, 6) is 1.80. The number of aryl methyl sites for hydroxylation is 2. The first-order chi connectivity index (χ1) is 9.66. The van der Waals surface area contributed by atoms with Crippen molar-refractivity contribution in [2.24, 2.45) is 0 Å². The van der Waals surface area contributed by atoms with Crippen LogP contribution in [0.1, 0.15) is 28.6 Å². The summed E-state index contributed by atoms with van der Waals surface area (Å²) >= 11 is 1.68. The number of amides is 1. The number of hydrogen-bond acceptors (Lipinski definition) is 5. The van der Waals surface area contributed by atoms with Gasteiger partial charge in [-0.2, -0.15) is 0 Å². The van der Waals surface area contributed by atoms with Crippen LogP contribution in [0, 0.1) is 13.8 Å². The van der Waals surface area contributed by atoms with E-state index in [2.05, 4.69) is 15.3 Å². The van der Waals surface area contributed by atoms with E-state index < -0.39 is 0 Å². The molecule has 5 nitrogen and oxygen atoms in total. The van der Waals surface area contributed by atoms with Gasteiger partial charge in [0.15, 0.2) is 11.6 Å². The normalized spacial score (nSPS) is 10.5. The third-order valence-corrected chi connectivity index (χ3v) is 3.64. The quantitative estimate of drug-likeness (QED) is 0.654. The molecule has 0 saturated heterocycles. The third kappa shape index (κ3) is 4.09. The minimum atomic E-state index is -0.179. The van der Waals surface area contributed by atoms with Crippen molar-refractivity contribution in [3.8, 4) is 0 Å². The zero-order valence-electron chi connectivity index (χ0n) is 11.5. The van der Waals surface area contributed by atoms with Gasteiger partial charge in [-0.25, -0.2) is 9.97 Å². The van der Waals surface area contributed by atoms with Gasteiger partial charge in [-0.05, 0) is 25.5 Å². The number of carbonyl (C=O) groups is 1. The molecule has 2 heterocycles. The Morgan fingerprint density at radius 2 is 2.25 bits per heavy atom. The fraction of sp³-hybridized carbons (Fsp3) is 0.357. The van der Waals surface area contributed by atoms with Crippen molar-refractivity contribution in [3.05, 3.63) is 41.7 Å². The van der Waals surface area contributed by atoms with Crippen molar-refractivity contribution in [1.82, 2.24) is 15.3 Å². The number of thioether (sulfide) groups is 1. The van der Waals surface area contributed by atoms with Crippen molar-refractivity contribution >= 4 is 17.7 Å². The maximum atomic E-state index is 11.9. The van der Waals surface area contributed by atoms with Crippen LogP contribution in [-0.2, 0) is 0 Å². The van der Waals surface area contributed by atoms with Crippen molar-refractivity contribution in [1.29, 1.82) is 0 Å². The van der Waals surface area contributed by atoms with E-state index in [1.165, 1.54) is 0 Å². The van der Waals surface area contributed by atoms with Gasteiger partial charge >= 0.3 is 0 Å². The van der Waals surface area contributed by atoms with Crippen LogP contribution in [-0.4, -0.2) is 28.2 Å². The van der Waals surface area contributed by atoms with Crippen LogP contribution < -0.4 is 5.32 Å². The summed E-state index contributed by atoms with van der Waals surface area (Å²) in [7, 11) is 0. The molecule has 0 spiro atoms. The summed E-state index contributed by atoms with van der Waals surface area (Å²) in [6.07, 6.45) is 2.66. The van der Waals surface area contributed by atoms with Gasteiger partial charge in [-0.3, -0.25) is 4.79 Å².